The van der Waals surface area contributed by atoms with Crippen LogP contribution in [-0.4, -0.2) is 17.2 Å². The quantitative estimate of drug-likeness (QED) is 0.847. The molecular formula is C16H22O3. The molecule has 0 amide bonds. The Morgan fingerprint density at radius 3 is 2.74 bits per heavy atom. The van der Waals surface area contributed by atoms with Gasteiger partial charge in [0.05, 0.1) is 12.0 Å². The van der Waals surface area contributed by atoms with Gasteiger partial charge in [0.1, 0.15) is 5.75 Å². The van der Waals surface area contributed by atoms with Gasteiger partial charge < -0.3 is 9.84 Å². The molecule has 0 bridgehead atoms. The number of hydrogen-bond donors (Lipinski definition) is 1. The molecule has 0 aliphatic heterocycles. The van der Waals surface area contributed by atoms with Crippen molar-refractivity contribution < 1.29 is 14.6 Å². The van der Waals surface area contributed by atoms with Gasteiger partial charge in [-0.1, -0.05) is 26.0 Å². The van der Waals surface area contributed by atoms with Crippen molar-refractivity contribution in [1.29, 1.82) is 0 Å². The summed E-state index contributed by atoms with van der Waals surface area (Å²) >= 11 is 0. The molecule has 2 rings (SSSR count). The molecule has 0 aromatic heterocycles. The lowest BCUT2D eigenvalue weighted by atomic mass is 9.85. The van der Waals surface area contributed by atoms with E-state index in [1.54, 1.807) is 6.92 Å². The van der Waals surface area contributed by atoms with E-state index in [-0.39, 0.29) is 11.8 Å². The summed E-state index contributed by atoms with van der Waals surface area (Å²) in [6, 6.07) is 7.92. The number of aliphatic carboxylic acids is 1. The topological polar surface area (TPSA) is 46.5 Å². The van der Waals surface area contributed by atoms with E-state index < -0.39 is 5.97 Å². The SMILES string of the molecule is CC[C@H](c1cccc(OC2CCC2)c1)[C@@H](C)C(=O)O. The van der Waals surface area contributed by atoms with Gasteiger partial charge in [0.25, 0.3) is 0 Å². The molecule has 0 heterocycles. The van der Waals surface area contributed by atoms with E-state index in [4.69, 9.17) is 4.74 Å². The van der Waals surface area contributed by atoms with Crippen LogP contribution in [0, 0.1) is 5.92 Å². The van der Waals surface area contributed by atoms with Gasteiger partial charge in [-0.2, -0.15) is 0 Å². The summed E-state index contributed by atoms with van der Waals surface area (Å²) in [5.74, 6) is -0.193. The fourth-order valence-corrected chi connectivity index (χ4v) is 2.55. The lowest BCUT2D eigenvalue weighted by molar-refractivity contribution is -0.141. The summed E-state index contributed by atoms with van der Waals surface area (Å²) in [4.78, 5) is 11.2. The van der Waals surface area contributed by atoms with Crippen molar-refractivity contribution >= 4 is 5.97 Å². The number of ether oxygens (including phenoxy) is 1. The Labute approximate surface area is 114 Å². The van der Waals surface area contributed by atoms with E-state index in [0.29, 0.717) is 6.10 Å². The van der Waals surface area contributed by atoms with Gasteiger partial charge in [-0.05, 0) is 49.3 Å². The zero-order valence-corrected chi connectivity index (χ0v) is 11.6. The van der Waals surface area contributed by atoms with Crippen molar-refractivity contribution in [2.45, 2.75) is 51.6 Å². The molecule has 1 aliphatic carbocycles. The van der Waals surface area contributed by atoms with Crippen LogP contribution >= 0.6 is 0 Å². The second-order valence-electron chi connectivity index (χ2n) is 5.38. The van der Waals surface area contributed by atoms with Crippen molar-refractivity contribution in [2.24, 2.45) is 5.92 Å². The lowest BCUT2D eigenvalue weighted by Gasteiger charge is -2.27. The number of rotatable bonds is 6. The van der Waals surface area contributed by atoms with Gasteiger partial charge in [0, 0.05) is 0 Å². The minimum absolute atomic E-state index is 0.0439. The van der Waals surface area contributed by atoms with E-state index in [1.807, 2.05) is 31.2 Å². The Hall–Kier alpha value is -1.51. The molecule has 0 unspecified atom stereocenters. The summed E-state index contributed by atoms with van der Waals surface area (Å²) in [5, 5.41) is 9.18. The van der Waals surface area contributed by atoms with Gasteiger partial charge in [0.2, 0.25) is 0 Å². The van der Waals surface area contributed by atoms with Gasteiger partial charge >= 0.3 is 5.97 Å². The average molecular weight is 262 g/mol. The van der Waals surface area contributed by atoms with Crippen LogP contribution in [-0.2, 0) is 4.79 Å². The number of hydrogen-bond acceptors (Lipinski definition) is 2. The summed E-state index contributed by atoms with van der Waals surface area (Å²) in [5.41, 5.74) is 1.06. The van der Waals surface area contributed by atoms with E-state index >= 15 is 0 Å². The summed E-state index contributed by atoms with van der Waals surface area (Å²) < 4.78 is 5.88. The number of carboxylic acid groups (broad SMARTS) is 1. The molecular weight excluding hydrogens is 240 g/mol. The Kier molecular flexibility index (Phi) is 4.46. The van der Waals surface area contributed by atoms with E-state index in [9.17, 15) is 9.90 Å². The summed E-state index contributed by atoms with van der Waals surface area (Å²) in [6.45, 7) is 3.81. The number of carboxylic acids is 1. The molecule has 2 atom stereocenters. The van der Waals surface area contributed by atoms with Crippen molar-refractivity contribution in [3.05, 3.63) is 29.8 Å². The zero-order chi connectivity index (χ0) is 13.8. The highest BCUT2D eigenvalue weighted by Gasteiger charge is 2.24. The third kappa shape index (κ3) is 3.28. The third-order valence-electron chi connectivity index (χ3n) is 4.07. The predicted octanol–water partition coefficient (Wildman–Crippen LogP) is 3.83. The molecule has 1 saturated carbocycles. The van der Waals surface area contributed by atoms with Crippen LogP contribution in [0.25, 0.3) is 0 Å². The van der Waals surface area contributed by atoms with Crippen molar-refractivity contribution in [1.82, 2.24) is 0 Å². The second kappa shape index (κ2) is 6.09. The van der Waals surface area contributed by atoms with E-state index in [0.717, 1.165) is 30.6 Å². The number of benzene rings is 1. The Balaban J connectivity index is 2.13. The molecule has 0 saturated heterocycles. The minimum Gasteiger partial charge on any atom is -0.490 e. The van der Waals surface area contributed by atoms with Crippen LogP contribution < -0.4 is 4.74 Å². The zero-order valence-electron chi connectivity index (χ0n) is 11.6. The lowest BCUT2D eigenvalue weighted by Crippen LogP contribution is -2.24. The Morgan fingerprint density at radius 2 is 2.21 bits per heavy atom. The third-order valence-corrected chi connectivity index (χ3v) is 4.07. The summed E-state index contributed by atoms with van der Waals surface area (Å²) in [6.07, 6.45) is 4.69. The van der Waals surface area contributed by atoms with Crippen LogP contribution in [0.1, 0.15) is 51.0 Å². The molecule has 104 valence electrons. The first-order valence-electron chi connectivity index (χ1n) is 7.11. The van der Waals surface area contributed by atoms with Crippen LogP contribution in [0.4, 0.5) is 0 Å². The normalized spacial score (nSPS) is 18.4. The molecule has 1 aromatic rings. The second-order valence-corrected chi connectivity index (χ2v) is 5.38. The predicted molar refractivity (Wildman–Crippen MR) is 74.5 cm³/mol. The smallest absolute Gasteiger partial charge is 0.306 e. The Bertz CT molecular complexity index is 437. The fraction of sp³-hybridized carbons (Fsp3) is 0.562. The number of carbonyl (C=O) groups is 1. The van der Waals surface area contributed by atoms with Crippen molar-refractivity contribution in [3.8, 4) is 5.75 Å². The van der Waals surface area contributed by atoms with E-state index in [2.05, 4.69) is 0 Å². The molecule has 3 heteroatoms. The Morgan fingerprint density at radius 1 is 1.47 bits per heavy atom. The van der Waals surface area contributed by atoms with Gasteiger partial charge in [-0.3, -0.25) is 4.79 Å². The highest BCUT2D eigenvalue weighted by atomic mass is 16.5. The van der Waals surface area contributed by atoms with Gasteiger partial charge in [-0.25, -0.2) is 0 Å². The minimum atomic E-state index is -0.739. The fourth-order valence-electron chi connectivity index (χ4n) is 2.55. The maximum Gasteiger partial charge on any atom is 0.306 e. The van der Waals surface area contributed by atoms with Gasteiger partial charge in [0.15, 0.2) is 0 Å². The first-order valence-corrected chi connectivity index (χ1v) is 7.11. The maximum atomic E-state index is 11.2. The van der Waals surface area contributed by atoms with Gasteiger partial charge in [-0.15, -0.1) is 0 Å². The average Bonchev–Trinajstić information content (AvgIpc) is 2.35. The highest BCUT2D eigenvalue weighted by Crippen LogP contribution is 2.32. The molecule has 0 radical (unpaired) electrons. The van der Waals surface area contributed by atoms with Crippen LogP contribution in [0.2, 0.25) is 0 Å². The van der Waals surface area contributed by atoms with Crippen LogP contribution in [0.5, 0.6) is 5.75 Å². The molecule has 3 nitrogen and oxygen atoms in total. The highest BCUT2D eigenvalue weighted by molar-refractivity contribution is 5.71. The molecule has 19 heavy (non-hydrogen) atoms. The molecule has 1 N–H and O–H groups in total. The molecule has 1 aliphatic rings. The largest absolute Gasteiger partial charge is 0.490 e. The maximum absolute atomic E-state index is 11.2. The first kappa shape index (κ1) is 13.9. The molecule has 1 aromatic carbocycles. The first-order chi connectivity index (χ1) is 9.11. The van der Waals surface area contributed by atoms with Crippen LogP contribution in [0.15, 0.2) is 24.3 Å². The standard InChI is InChI=1S/C16H22O3/c1-3-15(11(2)16(17)18)12-6-4-9-14(10-12)19-13-7-5-8-13/h4,6,9-11,13,15H,3,5,7-8H2,1-2H3,(H,17,18)/t11-,15+/m1/s1. The monoisotopic (exact) mass is 262 g/mol. The molecule has 0 spiro atoms. The van der Waals surface area contributed by atoms with E-state index in [1.165, 1.54) is 6.42 Å². The summed E-state index contributed by atoms with van der Waals surface area (Å²) in [7, 11) is 0. The van der Waals surface area contributed by atoms with Crippen molar-refractivity contribution in [3.63, 3.8) is 0 Å². The van der Waals surface area contributed by atoms with Crippen LogP contribution in [0.3, 0.4) is 0 Å². The molecule has 1 fully saturated rings. The van der Waals surface area contributed by atoms with Crippen molar-refractivity contribution in [2.75, 3.05) is 0 Å².